The molecular formula is C9H15NS. The Hall–Kier alpha value is -0.420. The Kier molecular flexibility index (Phi) is 7.39. The van der Waals surface area contributed by atoms with E-state index in [4.69, 9.17) is 5.26 Å². The van der Waals surface area contributed by atoms with Crippen molar-refractivity contribution in [3.05, 3.63) is 11.5 Å². The van der Waals surface area contributed by atoms with Gasteiger partial charge in [0.1, 0.15) is 0 Å². The van der Waals surface area contributed by atoms with Crippen LogP contribution in [0, 0.1) is 11.3 Å². The summed E-state index contributed by atoms with van der Waals surface area (Å²) >= 11 is 1.82. The zero-order valence-electron chi connectivity index (χ0n) is 7.10. The smallest absolute Gasteiger partial charge is 0.0621 e. The van der Waals surface area contributed by atoms with Crippen molar-refractivity contribution in [3.8, 4) is 6.07 Å². The van der Waals surface area contributed by atoms with Gasteiger partial charge in [-0.1, -0.05) is 13.5 Å². The van der Waals surface area contributed by atoms with E-state index in [0.717, 1.165) is 18.6 Å². The van der Waals surface area contributed by atoms with Gasteiger partial charge in [-0.25, -0.2) is 0 Å². The summed E-state index contributed by atoms with van der Waals surface area (Å²) in [6.45, 7) is 6.08. The van der Waals surface area contributed by atoms with Crippen LogP contribution >= 0.6 is 11.8 Å². The minimum absolute atomic E-state index is 0.658. The molecule has 0 atom stereocenters. The monoisotopic (exact) mass is 169 g/mol. The first-order valence-electron chi connectivity index (χ1n) is 3.98. The minimum atomic E-state index is 0.658. The van der Waals surface area contributed by atoms with E-state index in [9.17, 15) is 0 Å². The van der Waals surface area contributed by atoms with Crippen LogP contribution in [0.1, 0.15) is 32.6 Å². The van der Waals surface area contributed by atoms with Gasteiger partial charge in [-0.15, -0.1) is 11.8 Å². The Morgan fingerprint density at radius 3 is 2.91 bits per heavy atom. The quantitative estimate of drug-likeness (QED) is 0.569. The van der Waals surface area contributed by atoms with E-state index in [1.807, 2.05) is 11.8 Å². The lowest BCUT2D eigenvalue weighted by molar-refractivity contribution is 0.870. The summed E-state index contributed by atoms with van der Waals surface area (Å²) in [7, 11) is 0. The lowest BCUT2D eigenvalue weighted by Crippen LogP contribution is -1.79. The summed E-state index contributed by atoms with van der Waals surface area (Å²) in [6, 6.07) is 2.13. The average molecular weight is 169 g/mol. The molecule has 62 valence electrons. The lowest BCUT2D eigenvalue weighted by atomic mass is 10.2. The summed E-state index contributed by atoms with van der Waals surface area (Å²) in [4.78, 5) is 1.22. The Bertz CT molecular complexity index is 146. The molecule has 11 heavy (non-hydrogen) atoms. The largest absolute Gasteiger partial charge is 0.198 e. The Morgan fingerprint density at radius 2 is 2.36 bits per heavy atom. The van der Waals surface area contributed by atoms with Gasteiger partial charge in [-0.05, 0) is 29.9 Å². The van der Waals surface area contributed by atoms with Crippen LogP contribution in [0.5, 0.6) is 0 Å². The van der Waals surface area contributed by atoms with E-state index >= 15 is 0 Å². The molecule has 0 aromatic heterocycles. The third-order valence-electron chi connectivity index (χ3n) is 1.25. The Balaban J connectivity index is 3.17. The number of allylic oxidation sites excluding steroid dienone is 1. The van der Waals surface area contributed by atoms with Gasteiger partial charge in [-0.2, -0.15) is 5.26 Å². The molecule has 0 aliphatic heterocycles. The van der Waals surface area contributed by atoms with Crippen LogP contribution in [0.4, 0.5) is 0 Å². The second-order valence-electron chi connectivity index (χ2n) is 2.40. The number of rotatable bonds is 6. The van der Waals surface area contributed by atoms with Gasteiger partial charge in [0.2, 0.25) is 0 Å². The van der Waals surface area contributed by atoms with Crippen LogP contribution in [0.2, 0.25) is 0 Å². The highest BCUT2D eigenvalue weighted by Gasteiger charge is 1.93. The van der Waals surface area contributed by atoms with Crippen molar-refractivity contribution in [1.29, 1.82) is 5.26 Å². The van der Waals surface area contributed by atoms with Crippen molar-refractivity contribution in [2.75, 3.05) is 5.75 Å². The van der Waals surface area contributed by atoms with Gasteiger partial charge in [0, 0.05) is 6.42 Å². The number of nitrogens with zero attached hydrogens (tertiary/aromatic N) is 1. The Labute approximate surface area is 73.5 Å². The van der Waals surface area contributed by atoms with Crippen LogP contribution in [0.15, 0.2) is 11.5 Å². The van der Waals surface area contributed by atoms with Crippen molar-refractivity contribution in [2.45, 2.75) is 32.6 Å². The maximum Gasteiger partial charge on any atom is 0.0621 e. The molecule has 1 nitrogen and oxygen atoms in total. The Morgan fingerprint density at radius 1 is 1.64 bits per heavy atom. The molecule has 0 amide bonds. The molecule has 2 heteroatoms. The van der Waals surface area contributed by atoms with Gasteiger partial charge in [0.25, 0.3) is 0 Å². The van der Waals surface area contributed by atoms with Crippen molar-refractivity contribution in [2.24, 2.45) is 0 Å². The van der Waals surface area contributed by atoms with Crippen LogP contribution in [0.3, 0.4) is 0 Å². The lowest BCUT2D eigenvalue weighted by Gasteiger charge is -2.00. The first kappa shape index (κ1) is 10.6. The molecule has 0 radical (unpaired) electrons. The topological polar surface area (TPSA) is 23.8 Å². The zero-order chi connectivity index (χ0) is 8.53. The van der Waals surface area contributed by atoms with Crippen LogP contribution in [-0.2, 0) is 0 Å². The SMILES string of the molecule is C=C(CCCC#N)SCCC. The fraction of sp³-hybridized carbons (Fsp3) is 0.667. The van der Waals surface area contributed by atoms with Gasteiger partial charge < -0.3 is 0 Å². The predicted molar refractivity (Wildman–Crippen MR) is 51.4 cm³/mol. The number of hydrogen-bond acceptors (Lipinski definition) is 2. The summed E-state index contributed by atoms with van der Waals surface area (Å²) < 4.78 is 0. The number of unbranched alkanes of at least 4 members (excludes halogenated alkanes) is 1. The molecular weight excluding hydrogens is 154 g/mol. The van der Waals surface area contributed by atoms with E-state index in [2.05, 4.69) is 19.6 Å². The summed E-state index contributed by atoms with van der Waals surface area (Å²) in [5.74, 6) is 1.16. The fourth-order valence-electron chi connectivity index (χ4n) is 0.683. The molecule has 0 aliphatic carbocycles. The number of thioether (sulfide) groups is 1. The molecule has 0 heterocycles. The molecule has 0 spiro atoms. The molecule has 0 N–H and O–H groups in total. The molecule has 0 aliphatic rings. The summed E-state index contributed by atoms with van der Waals surface area (Å²) in [6.07, 6.45) is 3.82. The van der Waals surface area contributed by atoms with Gasteiger partial charge >= 0.3 is 0 Å². The molecule has 0 aromatic carbocycles. The third kappa shape index (κ3) is 7.48. The van der Waals surface area contributed by atoms with Gasteiger partial charge in [0.05, 0.1) is 6.07 Å². The standard InChI is InChI=1S/C9H15NS/c1-3-8-11-9(2)6-4-5-7-10/h2-6,8H2,1H3. The fourth-order valence-corrected chi connectivity index (χ4v) is 1.46. The number of nitriles is 1. The predicted octanol–water partition coefficient (Wildman–Crippen LogP) is 3.34. The molecule has 0 saturated carbocycles. The minimum Gasteiger partial charge on any atom is -0.198 e. The number of hydrogen-bond donors (Lipinski definition) is 0. The molecule has 0 unspecified atom stereocenters. The van der Waals surface area contributed by atoms with Crippen molar-refractivity contribution >= 4 is 11.8 Å². The molecule has 0 saturated heterocycles. The van der Waals surface area contributed by atoms with E-state index in [1.165, 1.54) is 11.3 Å². The van der Waals surface area contributed by atoms with E-state index in [1.54, 1.807) is 0 Å². The van der Waals surface area contributed by atoms with E-state index in [-0.39, 0.29) is 0 Å². The van der Waals surface area contributed by atoms with E-state index < -0.39 is 0 Å². The highest BCUT2D eigenvalue weighted by atomic mass is 32.2. The second-order valence-corrected chi connectivity index (χ2v) is 3.67. The van der Waals surface area contributed by atoms with Crippen LogP contribution in [-0.4, -0.2) is 5.75 Å². The molecule has 0 fully saturated rings. The van der Waals surface area contributed by atoms with E-state index in [0.29, 0.717) is 6.42 Å². The van der Waals surface area contributed by atoms with Gasteiger partial charge in [0.15, 0.2) is 0 Å². The van der Waals surface area contributed by atoms with Crippen LogP contribution < -0.4 is 0 Å². The highest BCUT2D eigenvalue weighted by molar-refractivity contribution is 8.03. The molecule has 0 aromatic rings. The summed E-state index contributed by atoms with van der Waals surface area (Å²) in [5.41, 5.74) is 0. The van der Waals surface area contributed by atoms with Crippen molar-refractivity contribution in [1.82, 2.24) is 0 Å². The highest BCUT2D eigenvalue weighted by Crippen LogP contribution is 2.19. The molecule has 0 rings (SSSR count). The van der Waals surface area contributed by atoms with Crippen molar-refractivity contribution in [3.63, 3.8) is 0 Å². The zero-order valence-corrected chi connectivity index (χ0v) is 7.91. The summed E-state index contributed by atoms with van der Waals surface area (Å²) in [5, 5.41) is 8.27. The van der Waals surface area contributed by atoms with Gasteiger partial charge in [-0.3, -0.25) is 0 Å². The maximum atomic E-state index is 8.27. The third-order valence-corrected chi connectivity index (χ3v) is 2.48. The average Bonchev–Trinajstić information content (AvgIpc) is 2.01. The van der Waals surface area contributed by atoms with Crippen LogP contribution in [0.25, 0.3) is 0 Å². The maximum absolute atomic E-state index is 8.27. The first-order valence-corrected chi connectivity index (χ1v) is 4.97. The normalized spacial score (nSPS) is 9.09. The second kappa shape index (κ2) is 7.68. The van der Waals surface area contributed by atoms with Crippen molar-refractivity contribution < 1.29 is 0 Å². The molecule has 0 bridgehead atoms. The first-order chi connectivity index (χ1) is 5.31.